The molecule has 244 valence electrons. The smallest absolute Gasteiger partial charge is 0.458 e. The molecule has 12 heteroatoms. The summed E-state index contributed by atoms with van der Waals surface area (Å²) < 4.78 is 37.0. The molecule has 0 aromatic heterocycles. The zero-order valence-corrected chi connectivity index (χ0v) is 27.1. The van der Waals surface area contributed by atoms with Crippen LogP contribution in [0.25, 0.3) is 0 Å². The number of ether oxygens (including phenoxy) is 7. The molecule has 3 atom stereocenters. The van der Waals surface area contributed by atoms with Gasteiger partial charge in [0.1, 0.15) is 29.5 Å². The lowest BCUT2D eigenvalue weighted by atomic mass is 10.1. The quantitative estimate of drug-likeness (QED) is 0.131. The first-order valence-corrected chi connectivity index (χ1v) is 14.6. The molecule has 0 heterocycles. The number of rotatable bonds is 15. The lowest BCUT2D eigenvalue weighted by molar-refractivity contribution is -0.155. The van der Waals surface area contributed by atoms with Gasteiger partial charge in [-0.2, -0.15) is 0 Å². The van der Waals surface area contributed by atoms with Crippen LogP contribution in [0.4, 0.5) is 14.4 Å². The van der Waals surface area contributed by atoms with Crippen LogP contribution >= 0.6 is 0 Å². The van der Waals surface area contributed by atoms with E-state index in [2.05, 4.69) is 0 Å². The van der Waals surface area contributed by atoms with Crippen molar-refractivity contribution in [3.8, 4) is 11.5 Å². The number of benzene rings is 1. The SMILES string of the molecule is CCC(C)(C)OC(=O)Oc1ccc(C[C@H](N)C(=O)O[C@@H](C)[C@H](C)OC(=O)OCCC(C)C)cc1OC(=O)OC(C)(C)CC. The van der Waals surface area contributed by atoms with Gasteiger partial charge in [-0.05, 0) is 90.8 Å². The summed E-state index contributed by atoms with van der Waals surface area (Å²) in [4.78, 5) is 49.5. The lowest BCUT2D eigenvalue weighted by Gasteiger charge is -2.24. The van der Waals surface area contributed by atoms with Crippen LogP contribution in [-0.4, -0.2) is 60.5 Å². The van der Waals surface area contributed by atoms with Crippen molar-refractivity contribution in [2.75, 3.05) is 6.61 Å². The van der Waals surface area contributed by atoms with Gasteiger partial charge in [0.15, 0.2) is 11.5 Å². The summed E-state index contributed by atoms with van der Waals surface area (Å²) in [5.41, 5.74) is 5.01. The second-order valence-corrected chi connectivity index (χ2v) is 12.0. The Morgan fingerprint density at radius 1 is 0.767 bits per heavy atom. The van der Waals surface area contributed by atoms with Crippen LogP contribution in [0.2, 0.25) is 0 Å². The van der Waals surface area contributed by atoms with E-state index in [9.17, 15) is 19.2 Å². The molecule has 43 heavy (non-hydrogen) atoms. The highest BCUT2D eigenvalue weighted by Crippen LogP contribution is 2.31. The lowest BCUT2D eigenvalue weighted by Crippen LogP contribution is -2.39. The van der Waals surface area contributed by atoms with Crippen molar-refractivity contribution >= 4 is 24.4 Å². The maximum atomic E-state index is 12.7. The summed E-state index contributed by atoms with van der Waals surface area (Å²) in [5.74, 6) is -0.598. The molecule has 0 fully saturated rings. The van der Waals surface area contributed by atoms with Crippen molar-refractivity contribution in [3.63, 3.8) is 0 Å². The Morgan fingerprint density at radius 3 is 1.79 bits per heavy atom. The fourth-order valence-corrected chi connectivity index (χ4v) is 3.02. The van der Waals surface area contributed by atoms with Gasteiger partial charge in [0.2, 0.25) is 0 Å². The molecule has 0 saturated heterocycles. The molecule has 0 bridgehead atoms. The molecule has 1 aromatic carbocycles. The summed E-state index contributed by atoms with van der Waals surface area (Å²) in [5, 5.41) is 0. The second-order valence-electron chi connectivity index (χ2n) is 12.0. The third kappa shape index (κ3) is 14.5. The zero-order chi connectivity index (χ0) is 33.0. The van der Waals surface area contributed by atoms with Gasteiger partial charge in [0.25, 0.3) is 0 Å². The topological polar surface area (TPSA) is 159 Å². The van der Waals surface area contributed by atoms with Gasteiger partial charge in [-0.25, -0.2) is 14.4 Å². The van der Waals surface area contributed by atoms with Gasteiger partial charge in [-0.3, -0.25) is 4.79 Å². The summed E-state index contributed by atoms with van der Waals surface area (Å²) in [6.07, 6.45) is -2.68. The Hall–Kier alpha value is -3.54. The minimum Gasteiger partial charge on any atom is -0.458 e. The number of hydrogen-bond acceptors (Lipinski definition) is 12. The van der Waals surface area contributed by atoms with Crippen LogP contribution in [-0.2, 0) is 34.9 Å². The second kappa shape index (κ2) is 16.9. The summed E-state index contributed by atoms with van der Waals surface area (Å²) >= 11 is 0. The Balaban J connectivity index is 2.96. The number of carbonyl (C=O) groups excluding carboxylic acids is 4. The predicted molar refractivity (Wildman–Crippen MR) is 158 cm³/mol. The maximum Gasteiger partial charge on any atom is 0.514 e. The Morgan fingerprint density at radius 2 is 1.28 bits per heavy atom. The van der Waals surface area contributed by atoms with Crippen molar-refractivity contribution in [1.82, 2.24) is 0 Å². The molecule has 0 amide bonds. The Bertz CT molecular complexity index is 1080. The minimum absolute atomic E-state index is 0.0164. The highest BCUT2D eigenvalue weighted by atomic mass is 16.8. The zero-order valence-electron chi connectivity index (χ0n) is 27.1. The van der Waals surface area contributed by atoms with Gasteiger partial charge in [-0.15, -0.1) is 0 Å². The Kier molecular flexibility index (Phi) is 14.8. The standard InChI is InChI=1S/C31H49NO11/c1-11-30(7,8)42-28(35)40-24-14-13-22(18-25(24)41-29(36)43-31(9,10)12-2)17-23(32)26(33)38-20(5)21(6)39-27(34)37-16-15-19(3)4/h13-14,18-21,23H,11-12,15-17,32H2,1-10H3/t20-,21-,23-/m0/s1. The van der Waals surface area contributed by atoms with Crippen molar-refractivity contribution < 1.29 is 52.3 Å². The largest absolute Gasteiger partial charge is 0.514 e. The first kappa shape index (κ1) is 37.5. The van der Waals surface area contributed by atoms with Gasteiger partial charge in [0, 0.05) is 0 Å². The van der Waals surface area contributed by atoms with Crippen molar-refractivity contribution in [3.05, 3.63) is 23.8 Å². The van der Waals surface area contributed by atoms with Gasteiger partial charge in [-0.1, -0.05) is 33.8 Å². The fourth-order valence-electron chi connectivity index (χ4n) is 3.02. The molecule has 12 nitrogen and oxygen atoms in total. The fraction of sp³-hybridized carbons (Fsp3) is 0.677. The van der Waals surface area contributed by atoms with Crippen molar-refractivity contribution in [1.29, 1.82) is 0 Å². The van der Waals surface area contributed by atoms with E-state index < -0.39 is 53.9 Å². The maximum absolute atomic E-state index is 12.7. The van der Waals surface area contributed by atoms with E-state index in [0.717, 1.165) is 0 Å². The van der Waals surface area contributed by atoms with Gasteiger partial charge >= 0.3 is 24.4 Å². The molecule has 0 unspecified atom stereocenters. The molecule has 0 aliphatic heterocycles. The summed E-state index contributed by atoms with van der Waals surface area (Å²) in [6.45, 7) is 18.0. The molecule has 0 aliphatic rings. The Labute approximate surface area is 254 Å². The monoisotopic (exact) mass is 611 g/mol. The first-order chi connectivity index (χ1) is 19.9. The highest BCUT2D eigenvalue weighted by molar-refractivity contribution is 5.76. The molecular formula is C31H49NO11. The third-order valence-electron chi connectivity index (χ3n) is 6.74. The van der Waals surface area contributed by atoms with E-state index in [1.807, 2.05) is 27.7 Å². The molecule has 0 spiro atoms. The van der Waals surface area contributed by atoms with Crippen molar-refractivity contribution in [2.45, 2.75) is 124 Å². The molecule has 1 rings (SSSR count). The molecule has 2 N–H and O–H groups in total. The highest BCUT2D eigenvalue weighted by Gasteiger charge is 2.28. The van der Waals surface area contributed by atoms with Crippen molar-refractivity contribution in [2.24, 2.45) is 11.7 Å². The summed E-state index contributed by atoms with van der Waals surface area (Å²) in [6, 6.07) is 3.24. The van der Waals surface area contributed by atoms with Crippen LogP contribution in [0.5, 0.6) is 11.5 Å². The molecule has 0 radical (unpaired) electrons. The summed E-state index contributed by atoms with van der Waals surface area (Å²) in [7, 11) is 0. The third-order valence-corrected chi connectivity index (χ3v) is 6.74. The van der Waals surface area contributed by atoms with E-state index in [1.54, 1.807) is 47.6 Å². The number of nitrogens with two attached hydrogens (primary N) is 1. The van der Waals surface area contributed by atoms with Gasteiger partial charge < -0.3 is 38.9 Å². The molecule has 0 aliphatic carbocycles. The minimum atomic E-state index is -1.12. The number of carbonyl (C=O) groups is 4. The van der Waals surface area contributed by atoms with E-state index in [4.69, 9.17) is 38.9 Å². The normalized spacial score (nSPS) is 13.8. The predicted octanol–water partition coefficient (Wildman–Crippen LogP) is 6.48. The average molecular weight is 612 g/mol. The van der Waals surface area contributed by atoms with Crippen LogP contribution in [0.3, 0.4) is 0 Å². The molecule has 1 aromatic rings. The van der Waals surface area contributed by atoms with E-state index >= 15 is 0 Å². The van der Waals surface area contributed by atoms with E-state index in [1.165, 1.54) is 12.1 Å². The van der Waals surface area contributed by atoms with Crippen LogP contribution in [0.15, 0.2) is 18.2 Å². The number of esters is 1. The molecule has 0 saturated carbocycles. The van der Waals surface area contributed by atoms with Crippen LogP contribution < -0.4 is 15.2 Å². The van der Waals surface area contributed by atoms with Crippen LogP contribution in [0, 0.1) is 5.92 Å². The van der Waals surface area contributed by atoms with Crippen LogP contribution in [0.1, 0.15) is 94.1 Å². The average Bonchev–Trinajstić information content (AvgIpc) is 2.89. The first-order valence-electron chi connectivity index (χ1n) is 14.6. The van der Waals surface area contributed by atoms with E-state index in [-0.39, 0.29) is 24.5 Å². The molecular weight excluding hydrogens is 562 g/mol. The van der Waals surface area contributed by atoms with Gasteiger partial charge in [0.05, 0.1) is 6.61 Å². The van der Waals surface area contributed by atoms with E-state index in [0.29, 0.717) is 30.7 Å². The number of hydrogen-bond donors (Lipinski definition) is 1.